The molecule has 3 rings (SSSR count). The van der Waals surface area contributed by atoms with Crippen LogP contribution >= 0.6 is 0 Å². The zero-order valence-corrected chi connectivity index (χ0v) is 19.0. The topological polar surface area (TPSA) is 65.1 Å². The molecule has 2 aromatic carbocycles. The lowest BCUT2D eigenvalue weighted by molar-refractivity contribution is -0.139. The van der Waals surface area contributed by atoms with Gasteiger partial charge >= 0.3 is 11.9 Å². The Bertz CT molecular complexity index is 1010. The van der Waals surface area contributed by atoms with Crippen LogP contribution in [-0.4, -0.2) is 43.7 Å². The Morgan fingerprint density at radius 3 is 2.09 bits per heavy atom. The van der Waals surface area contributed by atoms with Gasteiger partial charge in [-0.25, -0.2) is 14.0 Å². The molecule has 0 radical (unpaired) electrons. The van der Waals surface area contributed by atoms with E-state index in [-0.39, 0.29) is 19.0 Å². The van der Waals surface area contributed by atoms with Crippen molar-refractivity contribution in [1.29, 1.82) is 0 Å². The number of methoxy groups -OCH3 is 1. The SMILES string of the molecule is CCOC(=O)C1=CN(CCc2ccc(F)cc2)C=C(C(=O)OCC)C1c1cccc(OC)c1. The predicted molar refractivity (Wildman–Crippen MR) is 122 cm³/mol. The van der Waals surface area contributed by atoms with E-state index in [0.29, 0.717) is 35.4 Å². The van der Waals surface area contributed by atoms with Crippen molar-refractivity contribution in [3.63, 3.8) is 0 Å². The van der Waals surface area contributed by atoms with E-state index in [2.05, 4.69) is 0 Å². The maximum absolute atomic E-state index is 13.2. The molecule has 6 nitrogen and oxygen atoms in total. The summed E-state index contributed by atoms with van der Waals surface area (Å²) in [5, 5.41) is 0. The van der Waals surface area contributed by atoms with Gasteiger partial charge in [0.15, 0.2) is 0 Å². The van der Waals surface area contributed by atoms with Crippen LogP contribution in [0.3, 0.4) is 0 Å². The normalized spacial score (nSPS) is 13.8. The molecule has 0 spiro atoms. The van der Waals surface area contributed by atoms with Crippen molar-refractivity contribution in [3.05, 3.63) is 89.0 Å². The summed E-state index contributed by atoms with van der Waals surface area (Å²) in [5.41, 5.74) is 2.30. The van der Waals surface area contributed by atoms with Crippen LogP contribution in [0.15, 0.2) is 72.1 Å². The third kappa shape index (κ3) is 6.00. The van der Waals surface area contributed by atoms with E-state index in [0.717, 1.165) is 5.56 Å². The zero-order valence-electron chi connectivity index (χ0n) is 19.0. The summed E-state index contributed by atoms with van der Waals surface area (Å²) in [5.74, 6) is -1.37. The molecule has 7 heteroatoms. The standard InChI is InChI=1S/C26H28FNO5/c1-4-32-25(29)22-16-28(14-13-18-9-11-20(27)12-10-18)17-23(26(30)33-5-2)24(22)19-7-6-8-21(15-19)31-3/h6-12,15-17,24H,4-5,13-14H2,1-3H3. The second-order valence-corrected chi connectivity index (χ2v) is 7.43. The molecular formula is C26H28FNO5. The van der Waals surface area contributed by atoms with Crippen molar-refractivity contribution in [3.8, 4) is 5.75 Å². The largest absolute Gasteiger partial charge is 0.497 e. The molecule has 0 aromatic heterocycles. The quantitative estimate of drug-likeness (QED) is 0.526. The van der Waals surface area contributed by atoms with Gasteiger partial charge < -0.3 is 19.1 Å². The van der Waals surface area contributed by atoms with Gasteiger partial charge in [-0.05, 0) is 55.7 Å². The smallest absolute Gasteiger partial charge is 0.336 e. The first-order valence-corrected chi connectivity index (χ1v) is 10.9. The lowest BCUT2D eigenvalue weighted by Gasteiger charge is -2.30. The van der Waals surface area contributed by atoms with Crippen LogP contribution in [0, 0.1) is 5.82 Å². The number of nitrogens with zero attached hydrogens (tertiary/aromatic N) is 1. The fourth-order valence-corrected chi connectivity index (χ4v) is 3.70. The van der Waals surface area contributed by atoms with E-state index in [9.17, 15) is 14.0 Å². The minimum absolute atomic E-state index is 0.203. The highest BCUT2D eigenvalue weighted by molar-refractivity contribution is 5.98. The van der Waals surface area contributed by atoms with E-state index in [1.807, 2.05) is 6.07 Å². The number of hydrogen-bond acceptors (Lipinski definition) is 6. The monoisotopic (exact) mass is 453 g/mol. The fourth-order valence-electron chi connectivity index (χ4n) is 3.70. The van der Waals surface area contributed by atoms with E-state index in [4.69, 9.17) is 14.2 Å². The summed E-state index contributed by atoms with van der Waals surface area (Å²) < 4.78 is 29.2. The second kappa shape index (κ2) is 11.3. The second-order valence-electron chi connectivity index (χ2n) is 7.43. The average molecular weight is 454 g/mol. The Hall–Kier alpha value is -3.61. The molecule has 0 N–H and O–H groups in total. The molecule has 0 unspecified atom stereocenters. The number of halogens is 1. The minimum atomic E-state index is -0.666. The predicted octanol–water partition coefficient (Wildman–Crippen LogP) is 4.37. The number of ether oxygens (including phenoxy) is 3. The van der Waals surface area contributed by atoms with Crippen LogP contribution < -0.4 is 4.74 Å². The number of hydrogen-bond donors (Lipinski definition) is 0. The van der Waals surface area contributed by atoms with Gasteiger partial charge in [0.1, 0.15) is 11.6 Å². The molecule has 0 saturated heterocycles. The van der Waals surface area contributed by atoms with Crippen molar-refractivity contribution in [2.24, 2.45) is 0 Å². The highest BCUT2D eigenvalue weighted by Crippen LogP contribution is 2.38. The van der Waals surface area contributed by atoms with Crippen molar-refractivity contribution in [1.82, 2.24) is 4.90 Å². The van der Waals surface area contributed by atoms with Crippen LogP contribution in [0.25, 0.3) is 0 Å². The van der Waals surface area contributed by atoms with Gasteiger partial charge in [0.2, 0.25) is 0 Å². The van der Waals surface area contributed by atoms with Crippen molar-refractivity contribution < 1.29 is 28.2 Å². The van der Waals surface area contributed by atoms with Crippen LogP contribution in [0.5, 0.6) is 5.75 Å². The minimum Gasteiger partial charge on any atom is -0.497 e. The van der Waals surface area contributed by atoms with E-state index < -0.39 is 17.9 Å². The zero-order chi connectivity index (χ0) is 23.8. The lowest BCUT2D eigenvalue weighted by Crippen LogP contribution is -2.30. The van der Waals surface area contributed by atoms with E-state index in [1.54, 1.807) is 68.6 Å². The van der Waals surface area contributed by atoms with Crippen LogP contribution in [-0.2, 0) is 25.5 Å². The number of benzene rings is 2. The molecule has 0 amide bonds. The molecule has 174 valence electrons. The molecule has 1 aliphatic rings. The molecule has 0 bridgehead atoms. The Morgan fingerprint density at radius 1 is 0.939 bits per heavy atom. The summed E-state index contributed by atoms with van der Waals surface area (Å²) in [7, 11) is 1.56. The highest BCUT2D eigenvalue weighted by atomic mass is 19.1. The molecular weight excluding hydrogens is 425 g/mol. The Kier molecular flexibility index (Phi) is 8.24. The molecule has 0 saturated carbocycles. The first kappa shape index (κ1) is 24.0. The maximum Gasteiger partial charge on any atom is 0.336 e. The molecule has 33 heavy (non-hydrogen) atoms. The van der Waals surface area contributed by atoms with Crippen molar-refractivity contribution in [2.75, 3.05) is 26.9 Å². The summed E-state index contributed by atoms with van der Waals surface area (Å²) >= 11 is 0. The van der Waals surface area contributed by atoms with E-state index in [1.165, 1.54) is 12.1 Å². The first-order valence-electron chi connectivity index (χ1n) is 10.9. The molecule has 1 aliphatic heterocycles. The molecule has 0 aliphatic carbocycles. The van der Waals surface area contributed by atoms with Crippen LogP contribution in [0.2, 0.25) is 0 Å². The summed E-state index contributed by atoms with van der Waals surface area (Å²) in [6, 6.07) is 13.5. The van der Waals surface area contributed by atoms with Gasteiger partial charge in [0, 0.05) is 18.9 Å². The van der Waals surface area contributed by atoms with Crippen LogP contribution in [0.1, 0.15) is 30.9 Å². The average Bonchev–Trinajstić information content (AvgIpc) is 2.83. The fraction of sp³-hybridized carbons (Fsp3) is 0.308. The van der Waals surface area contributed by atoms with E-state index >= 15 is 0 Å². The first-order chi connectivity index (χ1) is 16.0. The number of esters is 2. The summed E-state index contributed by atoms with van der Waals surface area (Å²) in [4.78, 5) is 27.7. The number of rotatable bonds is 9. The Labute approximate surface area is 193 Å². The molecule has 1 heterocycles. The summed E-state index contributed by atoms with van der Waals surface area (Å²) in [6.45, 7) is 4.35. The van der Waals surface area contributed by atoms with Gasteiger partial charge in [-0.2, -0.15) is 0 Å². The molecule has 0 atom stereocenters. The molecule has 0 fully saturated rings. The van der Waals surface area contributed by atoms with Crippen LogP contribution in [0.4, 0.5) is 4.39 Å². The van der Waals surface area contributed by atoms with Gasteiger partial charge in [0.05, 0.1) is 37.4 Å². The number of carbonyl (C=O) groups excluding carboxylic acids is 2. The lowest BCUT2D eigenvalue weighted by atomic mass is 9.83. The van der Waals surface area contributed by atoms with Crippen molar-refractivity contribution in [2.45, 2.75) is 26.2 Å². The van der Waals surface area contributed by atoms with Gasteiger partial charge in [0.25, 0.3) is 0 Å². The van der Waals surface area contributed by atoms with Crippen molar-refractivity contribution >= 4 is 11.9 Å². The van der Waals surface area contributed by atoms with Gasteiger partial charge in [-0.15, -0.1) is 0 Å². The maximum atomic E-state index is 13.2. The summed E-state index contributed by atoms with van der Waals surface area (Å²) in [6.07, 6.45) is 3.99. The Balaban J connectivity index is 2.00. The third-order valence-electron chi connectivity index (χ3n) is 5.25. The highest BCUT2D eigenvalue weighted by Gasteiger charge is 2.35. The van der Waals surface area contributed by atoms with Gasteiger partial charge in [-0.1, -0.05) is 24.3 Å². The third-order valence-corrected chi connectivity index (χ3v) is 5.25. The Morgan fingerprint density at radius 2 is 1.55 bits per heavy atom. The molecule has 2 aromatic rings. The van der Waals surface area contributed by atoms with Gasteiger partial charge in [-0.3, -0.25) is 0 Å². The number of carbonyl (C=O) groups is 2.